The Hall–Kier alpha value is -3.80. The molecule has 0 aliphatic carbocycles. The van der Waals surface area contributed by atoms with Crippen molar-refractivity contribution >= 4 is 17.5 Å². The van der Waals surface area contributed by atoms with Gasteiger partial charge >= 0.3 is 0 Å². The van der Waals surface area contributed by atoms with Crippen LogP contribution in [0.1, 0.15) is 65.6 Å². The summed E-state index contributed by atoms with van der Waals surface area (Å²) in [7, 11) is 0. The van der Waals surface area contributed by atoms with Crippen LogP contribution >= 0.6 is 0 Å². The molecular weight excluding hydrogens is 490 g/mol. The number of benzene rings is 1. The smallest absolute Gasteiger partial charge is 0.274 e. The SMILES string of the molecule is CC1=NO[C@@]2(CC[C@H](C)N3C[C@H]2n2cc(C(=O)NCc4ccc(F)cc4F)c(=O)c(OCO)c2C3=O)C1. The zero-order valence-corrected chi connectivity index (χ0v) is 20.3. The van der Waals surface area contributed by atoms with Gasteiger partial charge in [-0.3, -0.25) is 14.4 Å². The van der Waals surface area contributed by atoms with Crippen molar-refractivity contribution in [2.75, 3.05) is 13.3 Å². The van der Waals surface area contributed by atoms with Gasteiger partial charge in [0.05, 0.1) is 11.8 Å². The molecule has 0 saturated carbocycles. The molecule has 1 spiro atoms. The number of halogens is 2. The monoisotopic (exact) mass is 516 g/mol. The van der Waals surface area contributed by atoms with E-state index in [9.17, 15) is 28.3 Å². The van der Waals surface area contributed by atoms with Crippen molar-refractivity contribution in [1.82, 2.24) is 14.8 Å². The molecule has 0 unspecified atom stereocenters. The molecular formula is C25H26F2N4O6. The highest BCUT2D eigenvalue weighted by molar-refractivity contribution is 5.99. The van der Waals surface area contributed by atoms with Crippen LogP contribution in [-0.2, 0) is 11.4 Å². The maximum absolute atomic E-state index is 14.1. The summed E-state index contributed by atoms with van der Waals surface area (Å²) >= 11 is 0. The summed E-state index contributed by atoms with van der Waals surface area (Å²) in [6, 6.07) is 2.28. The quantitative estimate of drug-likeness (QED) is 0.587. The Morgan fingerprint density at radius 1 is 1.35 bits per heavy atom. The van der Waals surface area contributed by atoms with E-state index in [0.717, 1.165) is 11.8 Å². The number of pyridine rings is 1. The molecule has 12 heteroatoms. The zero-order valence-electron chi connectivity index (χ0n) is 20.3. The maximum Gasteiger partial charge on any atom is 0.274 e. The molecule has 1 fully saturated rings. The Morgan fingerprint density at radius 2 is 2.14 bits per heavy atom. The topological polar surface area (TPSA) is 122 Å². The lowest BCUT2D eigenvalue weighted by atomic mass is 9.84. The minimum absolute atomic E-state index is 0.0224. The van der Waals surface area contributed by atoms with Crippen LogP contribution in [0.3, 0.4) is 0 Å². The lowest BCUT2D eigenvalue weighted by molar-refractivity contribution is -0.0657. The largest absolute Gasteiger partial charge is 0.461 e. The molecule has 2 N–H and O–H groups in total. The van der Waals surface area contributed by atoms with Gasteiger partial charge in [-0.25, -0.2) is 8.78 Å². The normalized spacial score (nSPS) is 24.3. The molecule has 2 aromatic rings. The van der Waals surface area contributed by atoms with Crippen LogP contribution in [0.15, 0.2) is 34.3 Å². The molecule has 3 aliphatic rings. The first-order valence-electron chi connectivity index (χ1n) is 11.9. The standard InChI is InChI=1S/C25H26F2N4O6/c1-13-8-25(37-29-13)6-5-14(2)30-11-19(25)31-10-17(21(33)22(36-12-32)20(31)24(30)35)23(34)28-9-15-3-4-16(26)7-18(15)27/h3-4,7,10,14,19,32H,5-6,8-9,11-12H2,1-2H3,(H,28,34)/t14-,19+,25-/m0/s1. The Kier molecular flexibility index (Phi) is 6.22. The van der Waals surface area contributed by atoms with E-state index in [1.165, 1.54) is 16.8 Å². The van der Waals surface area contributed by atoms with E-state index in [0.29, 0.717) is 25.3 Å². The molecule has 1 saturated heterocycles. The van der Waals surface area contributed by atoms with Gasteiger partial charge in [0.15, 0.2) is 23.8 Å². The summed E-state index contributed by atoms with van der Waals surface area (Å²) in [5.41, 5.74) is -1.34. The maximum atomic E-state index is 14.1. The third-order valence-corrected chi connectivity index (χ3v) is 7.33. The van der Waals surface area contributed by atoms with Crippen molar-refractivity contribution in [1.29, 1.82) is 0 Å². The van der Waals surface area contributed by atoms with E-state index >= 15 is 0 Å². The number of ether oxygens (including phenoxy) is 1. The van der Waals surface area contributed by atoms with Crippen LogP contribution in [0.5, 0.6) is 5.75 Å². The van der Waals surface area contributed by atoms with Gasteiger partial charge in [-0.15, -0.1) is 0 Å². The average Bonchev–Trinajstić information content (AvgIpc) is 3.19. The number of nitrogens with zero attached hydrogens (tertiary/aromatic N) is 3. The number of aromatic nitrogens is 1. The Labute approximate surface area is 210 Å². The minimum Gasteiger partial charge on any atom is -0.461 e. The lowest BCUT2D eigenvalue weighted by Crippen LogP contribution is -2.52. The van der Waals surface area contributed by atoms with Crippen molar-refractivity contribution in [2.24, 2.45) is 5.16 Å². The fraction of sp³-hybridized carbons (Fsp3) is 0.440. The summed E-state index contributed by atoms with van der Waals surface area (Å²) in [6.07, 6.45) is 3.00. The number of rotatable bonds is 5. The predicted molar refractivity (Wildman–Crippen MR) is 126 cm³/mol. The fourth-order valence-corrected chi connectivity index (χ4v) is 5.41. The summed E-state index contributed by atoms with van der Waals surface area (Å²) in [4.78, 5) is 47.6. The fourth-order valence-electron chi connectivity index (χ4n) is 5.41. The van der Waals surface area contributed by atoms with Crippen LogP contribution in [0.2, 0.25) is 0 Å². The molecule has 2 amide bonds. The highest BCUT2D eigenvalue weighted by Gasteiger charge is 2.53. The van der Waals surface area contributed by atoms with Crippen LogP contribution in [0.25, 0.3) is 0 Å². The Bertz CT molecular complexity index is 1380. The molecule has 196 valence electrons. The highest BCUT2D eigenvalue weighted by Crippen LogP contribution is 2.46. The van der Waals surface area contributed by atoms with Gasteiger partial charge in [0.1, 0.15) is 17.2 Å². The number of fused-ring (bicyclic) bond motifs is 5. The molecule has 10 nitrogen and oxygen atoms in total. The molecule has 2 bridgehead atoms. The molecule has 5 rings (SSSR count). The van der Waals surface area contributed by atoms with Gasteiger partial charge < -0.3 is 29.5 Å². The molecule has 0 radical (unpaired) electrons. The first-order valence-corrected chi connectivity index (χ1v) is 11.9. The summed E-state index contributed by atoms with van der Waals surface area (Å²) < 4.78 is 34.0. The number of carbonyl (C=O) groups is 2. The van der Waals surface area contributed by atoms with Crippen molar-refractivity contribution < 1.29 is 33.1 Å². The van der Waals surface area contributed by atoms with E-state index in [1.54, 1.807) is 4.90 Å². The number of nitrogens with one attached hydrogen (secondary N) is 1. The van der Waals surface area contributed by atoms with E-state index < -0.39 is 53.1 Å². The van der Waals surface area contributed by atoms with E-state index in [1.807, 2.05) is 13.8 Å². The first kappa shape index (κ1) is 24.9. The van der Waals surface area contributed by atoms with Crippen LogP contribution in [-0.4, -0.2) is 57.1 Å². The van der Waals surface area contributed by atoms with Crippen LogP contribution in [0.4, 0.5) is 8.78 Å². The molecule has 37 heavy (non-hydrogen) atoms. The van der Waals surface area contributed by atoms with Crippen LogP contribution < -0.4 is 15.5 Å². The van der Waals surface area contributed by atoms with Gasteiger partial charge in [-0.05, 0) is 32.8 Å². The molecule has 3 aliphatic heterocycles. The second kappa shape index (κ2) is 9.25. The highest BCUT2D eigenvalue weighted by atomic mass is 19.1. The van der Waals surface area contributed by atoms with Gasteiger partial charge in [0, 0.05) is 43.4 Å². The van der Waals surface area contributed by atoms with Crippen molar-refractivity contribution in [2.45, 2.75) is 57.3 Å². The first-order chi connectivity index (χ1) is 17.6. The van der Waals surface area contributed by atoms with Crippen molar-refractivity contribution in [3.63, 3.8) is 0 Å². The number of oxime groups is 1. The van der Waals surface area contributed by atoms with E-state index in [-0.39, 0.29) is 36.0 Å². The molecule has 4 heterocycles. The second-order valence-electron chi connectivity index (χ2n) is 9.67. The number of aliphatic hydroxyl groups is 1. The number of amides is 2. The van der Waals surface area contributed by atoms with Crippen molar-refractivity contribution in [3.05, 3.63) is 63.1 Å². The molecule has 1 aromatic heterocycles. The lowest BCUT2D eigenvalue weighted by Gasteiger charge is -2.42. The van der Waals surface area contributed by atoms with Crippen molar-refractivity contribution in [3.8, 4) is 5.75 Å². The van der Waals surface area contributed by atoms with Gasteiger partial charge in [-0.1, -0.05) is 11.2 Å². The molecule has 3 atom stereocenters. The third kappa shape index (κ3) is 4.14. The number of aliphatic hydroxyl groups excluding tert-OH is 1. The predicted octanol–water partition coefficient (Wildman–Crippen LogP) is 2.10. The average molecular weight is 517 g/mol. The van der Waals surface area contributed by atoms with Gasteiger partial charge in [0.2, 0.25) is 5.43 Å². The van der Waals surface area contributed by atoms with Crippen LogP contribution in [0, 0.1) is 11.6 Å². The number of carbonyl (C=O) groups excluding carboxylic acids is 2. The Balaban J connectivity index is 1.59. The van der Waals surface area contributed by atoms with E-state index in [4.69, 9.17) is 9.57 Å². The second-order valence-corrected chi connectivity index (χ2v) is 9.67. The summed E-state index contributed by atoms with van der Waals surface area (Å²) in [5, 5.41) is 16.1. The Morgan fingerprint density at radius 3 is 2.81 bits per heavy atom. The zero-order chi connectivity index (χ0) is 26.5. The number of hydrogen-bond donors (Lipinski definition) is 2. The number of hydrogen-bond acceptors (Lipinski definition) is 7. The minimum atomic E-state index is -0.897. The third-order valence-electron chi connectivity index (χ3n) is 7.33. The molecule has 1 aromatic carbocycles. The van der Waals surface area contributed by atoms with Gasteiger partial charge in [-0.2, -0.15) is 0 Å². The summed E-state index contributed by atoms with van der Waals surface area (Å²) in [6.45, 7) is 2.81. The van der Waals surface area contributed by atoms with E-state index in [2.05, 4.69) is 10.5 Å². The summed E-state index contributed by atoms with van der Waals surface area (Å²) in [5.74, 6) is -3.37. The van der Waals surface area contributed by atoms with Gasteiger partial charge in [0.25, 0.3) is 11.8 Å².